The van der Waals surface area contributed by atoms with E-state index < -0.39 is 0 Å². The molecule has 0 saturated carbocycles. The molecule has 4 nitrogen and oxygen atoms in total. The van der Waals surface area contributed by atoms with E-state index in [1.165, 1.54) is 0 Å². The van der Waals surface area contributed by atoms with Crippen LogP contribution >= 0.6 is 0 Å². The van der Waals surface area contributed by atoms with Crippen molar-refractivity contribution < 1.29 is 18.9 Å². The maximum Gasteiger partial charge on any atom is 0.169 e. The Balaban J connectivity index is 2.62. The van der Waals surface area contributed by atoms with Crippen molar-refractivity contribution in [3.8, 4) is 34.1 Å². The number of rotatable bonds is 5. The summed E-state index contributed by atoms with van der Waals surface area (Å²) >= 11 is 0. The summed E-state index contributed by atoms with van der Waals surface area (Å²) in [6.07, 6.45) is 0. The van der Waals surface area contributed by atoms with E-state index in [9.17, 15) is 0 Å². The van der Waals surface area contributed by atoms with Crippen LogP contribution < -0.4 is 18.9 Å². The van der Waals surface area contributed by atoms with Crippen LogP contribution in [0.2, 0.25) is 0 Å². The molecule has 4 heteroatoms. The van der Waals surface area contributed by atoms with Gasteiger partial charge in [-0.3, -0.25) is 0 Å². The third-order valence-corrected chi connectivity index (χ3v) is 3.02. The first-order valence-corrected chi connectivity index (χ1v) is 6.10. The third kappa shape index (κ3) is 2.50. The molecule has 0 aliphatic carbocycles. The first-order chi connectivity index (χ1) is 9.74. The lowest BCUT2D eigenvalue weighted by atomic mass is 10.0. The largest absolute Gasteiger partial charge is 0.497 e. The van der Waals surface area contributed by atoms with E-state index in [1.807, 2.05) is 24.3 Å². The van der Waals surface area contributed by atoms with Crippen LogP contribution in [0.15, 0.2) is 30.3 Å². The van der Waals surface area contributed by atoms with Gasteiger partial charge in [-0.25, -0.2) is 0 Å². The van der Waals surface area contributed by atoms with Crippen LogP contribution in [0, 0.1) is 6.07 Å². The molecule has 0 heterocycles. The van der Waals surface area contributed by atoms with Crippen molar-refractivity contribution in [2.45, 2.75) is 0 Å². The van der Waals surface area contributed by atoms with Crippen molar-refractivity contribution >= 4 is 0 Å². The lowest BCUT2D eigenvalue weighted by Gasteiger charge is -2.15. The van der Waals surface area contributed by atoms with Crippen molar-refractivity contribution in [2.24, 2.45) is 0 Å². The van der Waals surface area contributed by atoms with Crippen molar-refractivity contribution in [2.75, 3.05) is 28.4 Å². The molecule has 0 atom stereocenters. The van der Waals surface area contributed by atoms with Crippen LogP contribution in [0.1, 0.15) is 0 Å². The van der Waals surface area contributed by atoms with Gasteiger partial charge in [-0.15, -0.1) is 0 Å². The van der Waals surface area contributed by atoms with Crippen molar-refractivity contribution in [1.82, 2.24) is 0 Å². The van der Waals surface area contributed by atoms with Gasteiger partial charge in [0.2, 0.25) is 0 Å². The first-order valence-electron chi connectivity index (χ1n) is 6.10. The highest BCUT2D eigenvalue weighted by Crippen LogP contribution is 2.42. The first kappa shape index (κ1) is 14.1. The molecule has 0 fully saturated rings. The topological polar surface area (TPSA) is 36.9 Å². The summed E-state index contributed by atoms with van der Waals surface area (Å²) in [6, 6.07) is 12.3. The van der Waals surface area contributed by atoms with Crippen LogP contribution in [-0.4, -0.2) is 28.4 Å². The summed E-state index contributed by atoms with van der Waals surface area (Å²) in [4.78, 5) is 0. The fourth-order valence-electron chi connectivity index (χ4n) is 2.05. The Hall–Kier alpha value is -2.36. The van der Waals surface area contributed by atoms with E-state index >= 15 is 0 Å². The number of ether oxygens (including phenoxy) is 4. The molecule has 0 aromatic heterocycles. The van der Waals surface area contributed by atoms with Crippen LogP contribution in [0.3, 0.4) is 0 Å². The highest BCUT2D eigenvalue weighted by molar-refractivity contribution is 5.78. The van der Waals surface area contributed by atoms with Crippen molar-refractivity contribution in [1.29, 1.82) is 0 Å². The Morgan fingerprint density at radius 2 is 1.60 bits per heavy atom. The zero-order chi connectivity index (χ0) is 14.5. The molecule has 0 saturated heterocycles. The summed E-state index contributed by atoms with van der Waals surface area (Å²) in [5.41, 5.74) is 1.78. The number of methoxy groups -OCH3 is 4. The smallest absolute Gasteiger partial charge is 0.169 e. The minimum atomic E-state index is 0.558. The second kappa shape index (κ2) is 6.19. The fraction of sp³-hybridized carbons (Fsp3) is 0.250. The summed E-state index contributed by atoms with van der Waals surface area (Å²) in [6.45, 7) is 0. The van der Waals surface area contributed by atoms with Crippen LogP contribution in [0.4, 0.5) is 0 Å². The maximum atomic E-state index is 5.43. The standard InChI is InChI=1S/C16H17O4/c1-17-11-8-9-12(15(10-11)19-3)13-6-5-7-14(18-2)16(13)20-4/h5-6,8-10H,1-4H3. The average Bonchev–Trinajstić information content (AvgIpc) is 2.53. The number of hydrogen-bond donors (Lipinski definition) is 0. The molecule has 1 radical (unpaired) electrons. The van der Waals surface area contributed by atoms with E-state index in [2.05, 4.69) is 6.07 Å². The quantitative estimate of drug-likeness (QED) is 0.838. The molecule has 105 valence electrons. The number of benzene rings is 2. The fourth-order valence-corrected chi connectivity index (χ4v) is 2.05. The minimum Gasteiger partial charge on any atom is -0.497 e. The molecule has 2 aromatic rings. The zero-order valence-corrected chi connectivity index (χ0v) is 12.0. The molecule has 0 N–H and O–H groups in total. The molecule has 20 heavy (non-hydrogen) atoms. The molecule has 0 unspecified atom stereocenters. The van der Waals surface area contributed by atoms with Gasteiger partial charge in [0.25, 0.3) is 0 Å². The molecule has 2 aromatic carbocycles. The minimum absolute atomic E-state index is 0.558. The van der Waals surface area contributed by atoms with Gasteiger partial charge in [-0.05, 0) is 24.3 Å². The average molecular weight is 273 g/mol. The lowest BCUT2D eigenvalue weighted by Crippen LogP contribution is -1.95. The second-order valence-corrected chi connectivity index (χ2v) is 4.02. The van der Waals surface area contributed by atoms with Crippen molar-refractivity contribution in [3.63, 3.8) is 0 Å². The molecule has 0 amide bonds. The number of hydrogen-bond acceptors (Lipinski definition) is 4. The van der Waals surface area contributed by atoms with Gasteiger partial charge in [0.1, 0.15) is 11.5 Å². The molecule has 0 bridgehead atoms. The van der Waals surface area contributed by atoms with Crippen molar-refractivity contribution in [3.05, 3.63) is 36.4 Å². The molecule has 0 aliphatic heterocycles. The van der Waals surface area contributed by atoms with Gasteiger partial charge >= 0.3 is 0 Å². The van der Waals surface area contributed by atoms with E-state index in [1.54, 1.807) is 34.5 Å². The highest BCUT2D eigenvalue weighted by atomic mass is 16.5. The lowest BCUT2D eigenvalue weighted by molar-refractivity contribution is 0.355. The van der Waals surface area contributed by atoms with Gasteiger partial charge in [0.15, 0.2) is 11.5 Å². The van der Waals surface area contributed by atoms with Crippen LogP contribution in [0.5, 0.6) is 23.0 Å². The van der Waals surface area contributed by atoms with Gasteiger partial charge in [0, 0.05) is 23.3 Å². The van der Waals surface area contributed by atoms with Gasteiger partial charge in [-0.2, -0.15) is 0 Å². The summed E-state index contributed by atoms with van der Waals surface area (Å²) < 4.78 is 21.3. The normalized spacial score (nSPS) is 10.0. The Morgan fingerprint density at radius 1 is 0.800 bits per heavy atom. The van der Waals surface area contributed by atoms with Gasteiger partial charge in [-0.1, -0.05) is 0 Å². The molecule has 0 spiro atoms. The Morgan fingerprint density at radius 3 is 2.20 bits per heavy atom. The third-order valence-electron chi connectivity index (χ3n) is 3.02. The maximum absolute atomic E-state index is 5.43. The summed E-state index contributed by atoms with van der Waals surface area (Å²) in [5, 5.41) is 0. The summed E-state index contributed by atoms with van der Waals surface area (Å²) in [5.74, 6) is 2.62. The Labute approximate surface area is 118 Å². The van der Waals surface area contributed by atoms with E-state index in [0.29, 0.717) is 17.2 Å². The van der Waals surface area contributed by atoms with Gasteiger partial charge < -0.3 is 18.9 Å². The highest BCUT2D eigenvalue weighted by Gasteiger charge is 2.15. The Kier molecular flexibility index (Phi) is 4.35. The van der Waals surface area contributed by atoms with Crippen LogP contribution in [0.25, 0.3) is 11.1 Å². The van der Waals surface area contributed by atoms with Crippen LogP contribution in [-0.2, 0) is 0 Å². The predicted octanol–water partition coefficient (Wildman–Crippen LogP) is 3.19. The predicted molar refractivity (Wildman–Crippen MR) is 76.9 cm³/mol. The molecular weight excluding hydrogens is 256 g/mol. The Bertz CT molecular complexity index is 593. The van der Waals surface area contributed by atoms with E-state index in [4.69, 9.17) is 18.9 Å². The zero-order valence-electron chi connectivity index (χ0n) is 12.0. The van der Waals surface area contributed by atoms with E-state index in [-0.39, 0.29) is 0 Å². The molecule has 2 rings (SSSR count). The SMILES string of the molecule is COc1ccc(-c2cc[c]c(OC)c2OC)c(OC)c1. The molecule has 0 aliphatic rings. The summed E-state index contributed by atoms with van der Waals surface area (Å²) in [7, 11) is 6.43. The second-order valence-electron chi connectivity index (χ2n) is 4.02. The van der Waals surface area contributed by atoms with Gasteiger partial charge in [0.05, 0.1) is 28.4 Å². The monoisotopic (exact) mass is 273 g/mol. The van der Waals surface area contributed by atoms with E-state index in [0.717, 1.165) is 16.9 Å². The molecular formula is C16H17O4.